The molecular formula is C17H24N2O. The van der Waals surface area contributed by atoms with E-state index in [2.05, 4.69) is 17.0 Å². The van der Waals surface area contributed by atoms with E-state index in [0.717, 1.165) is 24.2 Å². The molecule has 2 N–H and O–H groups in total. The maximum atomic E-state index is 6.56. The van der Waals surface area contributed by atoms with Gasteiger partial charge in [-0.05, 0) is 43.6 Å². The lowest BCUT2D eigenvalue weighted by Gasteiger charge is -2.39. The monoisotopic (exact) mass is 272 g/mol. The summed E-state index contributed by atoms with van der Waals surface area (Å²) in [7, 11) is 0. The lowest BCUT2D eigenvalue weighted by atomic mass is 9.95. The van der Waals surface area contributed by atoms with Crippen LogP contribution in [0.5, 0.6) is 5.75 Å². The summed E-state index contributed by atoms with van der Waals surface area (Å²) in [6.45, 7) is 3.19. The second kappa shape index (κ2) is 5.05. The number of ether oxygens (including phenoxy) is 1. The Morgan fingerprint density at radius 1 is 1.05 bits per heavy atom. The molecule has 0 saturated heterocycles. The zero-order valence-electron chi connectivity index (χ0n) is 12.0. The molecule has 3 nitrogen and oxygen atoms in total. The van der Waals surface area contributed by atoms with E-state index in [-0.39, 0.29) is 6.04 Å². The Morgan fingerprint density at radius 2 is 1.70 bits per heavy atom. The van der Waals surface area contributed by atoms with Gasteiger partial charge in [0.1, 0.15) is 12.4 Å². The van der Waals surface area contributed by atoms with Gasteiger partial charge in [0.05, 0.1) is 12.1 Å². The van der Waals surface area contributed by atoms with Gasteiger partial charge in [0.15, 0.2) is 0 Å². The highest BCUT2D eigenvalue weighted by Crippen LogP contribution is 2.38. The fourth-order valence-corrected chi connectivity index (χ4v) is 3.32. The van der Waals surface area contributed by atoms with Crippen molar-refractivity contribution in [2.45, 2.75) is 37.8 Å². The molecule has 1 aromatic rings. The highest BCUT2D eigenvalue weighted by molar-refractivity contribution is 5.38. The van der Waals surface area contributed by atoms with Crippen LogP contribution in [0.25, 0.3) is 0 Å². The van der Waals surface area contributed by atoms with Gasteiger partial charge in [-0.15, -0.1) is 0 Å². The number of nitrogens with zero attached hydrogens (tertiary/aromatic N) is 1. The number of benzene rings is 1. The predicted octanol–water partition coefficient (Wildman–Crippen LogP) is 2.57. The molecule has 0 amide bonds. The Hall–Kier alpha value is -1.06. The van der Waals surface area contributed by atoms with E-state index in [9.17, 15) is 0 Å². The smallest absolute Gasteiger partial charge is 0.124 e. The second-order valence-corrected chi connectivity index (χ2v) is 6.78. The first kappa shape index (κ1) is 12.7. The number of hydrogen-bond acceptors (Lipinski definition) is 3. The van der Waals surface area contributed by atoms with Crippen molar-refractivity contribution in [2.24, 2.45) is 17.6 Å². The van der Waals surface area contributed by atoms with Gasteiger partial charge < -0.3 is 10.5 Å². The first-order valence-corrected chi connectivity index (χ1v) is 8.02. The van der Waals surface area contributed by atoms with Gasteiger partial charge in [-0.2, -0.15) is 0 Å². The van der Waals surface area contributed by atoms with Crippen molar-refractivity contribution >= 4 is 0 Å². The number of fused-ring (bicyclic) bond motifs is 1. The van der Waals surface area contributed by atoms with E-state index < -0.39 is 0 Å². The van der Waals surface area contributed by atoms with Gasteiger partial charge in [-0.3, -0.25) is 4.90 Å². The fourth-order valence-electron chi connectivity index (χ4n) is 3.32. The first-order chi connectivity index (χ1) is 9.81. The van der Waals surface area contributed by atoms with Crippen molar-refractivity contribution in [1.82, 2.24) is 4.90 Å². The van der Waals surface area contributed by atoms with Crippen molar-refractivity contribution in [3.8, 4) is 5.75 Å². The summed E-state index contributed by atoms with van der Waals surface area (Å²) < 4.78 is 5.97. The normalized spacial score (nSPS) is 29.1. The van der Waals surface area contributed by atoms with Crippen LogP contribution in [0.3, 0.4) is 0 Å². The SMILES string of the molecule is NC1c2ccccc2OCC1N(CC1CC1)CC1CC1. The average molecular weight is 272 g/mol. The van der Waals surface area contributed by atoms with Crippen molar-refractivity contribution < 1.29 is 4.74 Å². The molecule has 2 unspecified atom stereocenters. The van der Waals surface area contributed by atoms with Gasteiger partial charge in [0, 0.05) is 18.7 Å². The molecule has 1 aromatic carbocycles. The highest BCUT2D eigenvalue weighted by atomic mass is 16.5. The van der Waals surface area contributed by atoms with E-state index in [1.165, 1.54) is 44.3 Å². The molecule has 0 aromatic heterocycles. The first-order valence-electron chi connectivity index (χ1n) is 8.02. The minimum atomic E-state index is 0.0949. The number of nitrogens with two attached hydrogens (primary N) is 1. The molecule has 2 atom stereocenters. The third-order valence-corrected chi connectivity index (χ3v) is 4.95. The van der Waals surface area contributed by atoms with Gasteiger partial charge in [-0.25, -0.2) is 0 Å². The van der Waals surface area contributed by atoms with Gasteiger partial charge >= 0.3 is 0 Å². The molecule has 4 rings (SSSR count). The summed E-state index contributed by atoms with van der Waals surface area (Å²) in [4.78, 5) is 2.63. The summed E-state index contributed by atoms with van der Waals surface area (Å²) in [5, 5.41) is 0. The number of rotatable bonds is 5. The van der Waals surface area contributed by atoms with Gasteiger partial charge in [0.25, 0.3) is 0 Å². The quantitative estimate of drug-likeness (QED) is 0.895. The maximum Gasteiger partial charge on any atom is 0.124 e. The molecule has 2 saturated carbocycles. The summed E-state index contributed by atoms with van der Waals surface area (Å²) in [6.07, 6.45) is 5.61. The Morgan fingerprint density at radius 3 is 2.35 bits per heavy atom. The molecule has 2 aliphatic carbocycles. The second-order valence-electron chi connectivity index (χ2n) is 6.78. The molecule has 0 spiro atoms. The standard InChI is InChI=1S/C17H24N2O/c18-17-14-3-1-2-4-16(14)20-11-15(17)19(9-12-5-6-12)10-13-7-8-13/h1-4,12-13,15,17H,5-11,18H2. The largest absolute Gasteiger partial charge is 0.492 e. The van der Waals surface area contributed by atoms with Crippen molar-refractivity contribution in [2.75, 3.05) is 19.7 Å². The summed E-state index contributed by atoms with van der Waals surface area (Å²) >= 11 is 0. The zero-order chi connectivity index (χ0) is 13.5. The Kier molecular flexibility index (Phi) is 3.20. The molecule has 2 fully saturated rings. The van der Waals surface area contributed by atoms with Crippen LogP contribution < -0.4 is 10.5 Å². The van der Waals surface area contributed by atoms with Crippen LogP contribution in [-0.2, 0) is 0 Å². The molecule has 0 bridgehead atoms. The molecular weight excluding hydrogens is 248 g/mol. The summed E-state index contributed by atoms with van der Waals surface area (Å²) in [5.74, 6) is 2.81. The van der Waals surface area contributed by atoms with E-state index in [1.807, 2.05) is 12.1 Å². The number of para-hydroxylation sites is 1. The molecule has 0 radical (unpaired) electrons. The highest BCUT2D eigenvalue weighted by Gasteiger charge is 2.37. The minimum absolute atomic E-state index is 0.0949. The number of hydrogen-bond donors (Lipinski definition) is 1. The van der Waals surface area contributed by atoms with Crippen molar-refractivity contribution in [3.05, 3.63) is 29.8 Å². The van der Waals surface area contributed by atoms with E-state index >= 15 is 0 Å². The molecule has 3 aliphatic rings. The predicted molar refractivity (Wildman–Crippen MR) is 79.7 cm³/mol. The Bertz CT molecular complexity index is 468. The maximum absolute atomic E-state index is 6.56. The van der Waals surface area contributed by atoms with Crippen LogP contribution in [0.2, 0.25) is 0 Å². The van der Waals surface area contributed by atoms with E-state index in [0.29, 0.717) is 6.04 Å². The molecule has 108 valence electrons. The zero-order valence-corrected chi connectivity index (χ0v) is 12.0. The summed E-state index contributed by atoms with van der Waals surface area (Å²) in [5.41, 5.74) is 7.74. The van der Waals surface area contributed by atoms with Crippen LogP contribution in [-0.4, -0.2) is 30.6 Å². The van der Waals surface area contributed by atoms with E-state index in [4.69, 9.17) is 10.5 Å². The van der Waals surface area contributed by atoms with Crippen LogP contribution in [0.1, 0.15) is 37.3 Å². The van der Waals surface area contributed by atoms with E-state index in [1.54, 1.807) is 0 Å². The van der Waals surface area contributed by atoms with Gasteiger partial charge in [0.2, 0.25) is 0 Å². The lowest BCUT2D eigenvalue weighted by Crippen LogP contribution is -2.50. The minimum Gasteiger partial charge on any atom is -0.492 e. The molecule has 3 heteroatoms. The third kappa shape index (κ3) is 2.57. The van der Waals surface area contributed by atoms with Crippen molar-refractivity contribution in [3.63, 3.8) is 0 Å². The van der Waals surface area contributed by atoms with Crippen LogP contribution in [0, 0.1) is 11.8 Å². The molecule has 1 heterocycles. The van der Waals surface area contributed by atoms with Crippen LogP contribution >= 0.6 is 0 Å². The van der Waals surface area contributed by atoms with Gasteiger partial charge in [-0.1, -0.05) is 18.2 Å². The third-order valence-electron chi connectivity index (χ3n) is 4.95. The van der Waals surface area contributed by atoms with Crippen molar-refractivity contribution in [1.29, 1.82) is 0 Å². The average Bonchev–Trinajstić information content (AvgIpc) is 3.35. The molecule has 1 aliphatic heterocycles. The summed E-state index contributed by atoms with van der Waals surface area (Å²) in [6, 6.07) is 8.70. The lowest BCUT2D eigenvalue weighted by molar-refractivity contribution is 0.0893. The Labute approximate surface area is 121 Å². The topological polar surface area (TPSA) is 38.5 Å². The van der Waals surface area contributed by atoms with Crippen LogP contribution in [0.4, 0.5) is 0 Å². The van der Waals surface area contributed by atoms with Crippen LogP contribution in [0.15, 0.2) is 24.3 Å². The molecule has 20 heavy (non-hydrogen) atoms. The Balaban J connectivity index is 1.53. The fraction of sp³-hybridized carbons (Fsp3) is 0.647.